The molecule has 1 aliphatic rings. The van der Waals surface area contributed by atoms with E-state index < -0.39 is 5.54 Å². The number of hydrogen-bond donors (Lipinski definition) is 2. The highest BCUT2D eigenvalue weighted by atomic mass is 16.3. The SMILES string of the molecule is Cc1ccc(O)c(C(=O)NC2(C#N)CCCCCC2)c1. The Morgan fingerprint density at radius 1 is 1.30 bits per heavy atom. The first kappa shape index (κ1) is 14.4. The first-order valence-corrected chi connectivity index (χ1v) is 7.10. The van der Waals surface area contributed by atoms with Crippen molar-refractivity contribution in [2.24, 2.45) is 0 Å². The predicted molar refractivity (Wildman–Crippen MR) is 76.4 cm³/mol. The van der Waals surface area contributed by atoms with Gasteiger partial charge in [0.15, 0.2) is 0 Å². The van der Waals surface area contributed by atoms with Gasteiger partial charge in [0.2, 0.25) is 0 Å². The molecule has 0 spiro atoms. The Balaban J connectivity index is 2.21. The molecule has 20 heavy (non-hydrogen) atoms. The Labute approximate surface area is 119 Å². The van der Waals surface area contributed by atoms with Gasteiger partial charge in [-0.2, -0.15) is 5.26 Å². The number of carbonyl (C=O) groups is 1. The van der Waals surface area contributed by atoms with Crippen LogP contribution >= 0.6 is 0 Å². The van der Waals surface area contributed by atoms with Crippen molar-refractivity contribution in [1.82, 2.24) is 5.32 Å². The fourth-order valence-electron chi connectivity index (χ4n) is 2.71. The van der Waals surface area contributed by atoms with Crippen LogP contribution in [0.4, 0.5) is 0 Å². The minimum absolute atomic E-state index is 0.0465. The number of aryl methyl sites for hydroxylation is 1. The molecule has 0 unspecified atom stereocenters. The van der Waals surface area contributed by atoms with Gasteiger partial charge in [0.1, 0.15) is 11.3 Å². The van der Waals surface area contributed by atoms with Crippen molar-refractivity contribution in [1.29, 1.82) is 5.26 Å². The van der Waals surface area contributed by atoms with E-state index in [1.807, 2.05) is 6.92 Å². The Kier molecular flexibility index (Phi) is 4.29. The molecule has 4 heteroatoms. The summed E-state index contributed by atoms with van der Waals surface area (Å²) in [5.41, 5.74) is 0.354. The van der Waals surface area contributed by atoms with Gasteiger partial charge in [0.25, 0.3) is 5.91 Å². The summed E-state index contributed by atoms with van der Waals surface area (Å²) in [5.74, 6) is -0.413. The molecule has 1 aromatic carbocycles. The van der Waals surface area contributed by atoms with Gasteiger partial charge in [-0.15, -0.1) is 0 Å². The zero-order chi connectivity index (χ0) is 14.6. The van der Waals surface area contributed by atoms with Crippen LogP contribution in [0.15, 0.2) is 18.2 Å². The minimum Gasteiger partial charge on any atom is -0.507 e. The first-order valence-electron chi connectivity index (χ1n) is 7.10. The van der Waals surface area contributed by atoms with Crippen molar-refractivity contribution in [2.45, 2.75) is 51.0 Å². The maximum absolute atomic E-state index is 12.3. The number of benzene rings is 1. The molecule has 0 heterocycles. The summed E-state index contributed by atoms with van der Waals surface area (Å²) in [6, 6.07) is 7.18. The fourth-order valence-corrected chi connectivity index (χ4v) is 2.71. The van der Waals surface area contributed by atoms with E-state index in [2.05, 4.69) is 11.4 Å². The molecular weight excluding hydrogens is 252 g/mol. The highest BCUT2D eigenvalue weighted by molar-refractivity contribution is 5.97. The largest absolute Gasteiger partial charge is 0.507 e. The number of rotatable bonds is 2. The average Bonchev–Trinajstić information content (AvgIpc) is 2.67. The lowest BCUT2D eigenvalue weighted by Crippen LogP contribution is -2.47. The summed E-state index contributed by atoms with van der Waals surface area (Å²) in [6.07, 6.45) is 5.48. The predicted octanol–water partition coefficient (Wildman–Crippen LogP) is 3.05. The zero-order valence-electron chi connectivity index (χ0n) is 11.8. The number of aromatic hydroxyl groups is 1. The molecular formula is C16H20N2O2. The summed E-state index contributed by atoms with van der Waals surface area (Å²) >= 11 is 0. The molecule has 0 bridgehead atoms. The molecule has 0 atom stereocenters. The number of phenols is 1. The summed E-state index contributed by atoms with van der Waals surface area (Å²) in [4.78, 5) is 12.3. The Bertz CT molecular complexity index is 538. The van der Waals surface area contributed by atoms with E-state index in [1.165, 1.54) is 6.07 Å². The van der Waals surface area contributed by atoms with Crippen molar-refractivity contribution < 1.29 is 9.90 Å². The summed E-state index contributed by atoms with van der Waals surface area (Å²) < 4.78 is 0. The van der Waals surface area contributed by atoms with Gasteiger partial charge in [-0.1, -0.05) is 37.3 Å². The van der Waals surface area contributed by atoms with Crippen LogP contribution in [-0.2, 0) is 0 Å². The molecule has 1 fully saturated rings. The van der Waals surface area contributed by atoms with E-state index in [4.69, 9.17) is 0 Å². The minimum atomic E-state index is -0.788. The van der Waals surface area contributed by atoms with Crippen LogP contribution in [0.2, 0.25) is 0 Å². The van der Waals surface area contributed by atoms with Crippen LogP contribution in [0.1, 0.15) is 54.4 Å². The van der Waals surface area contributed by atoms with E-state index in [-0.39, 0.29) is 17.2 Å². The van der Waals surface area contributed by atoms with E-state index in [0.717, 1.165) is 31.2 Å². The van der Waals surface area contributed by atoms with Gasteiger partial charge >= 0.3 is 0 Å². The molecule has 0 aromatic heterocycles. The smallest absolute Gasteiger partial charge is 0.256 e. The van der Waals surface area contributed by atoms with Gasteiger partial charge in [0.05, 0.1) is 11.6 Å². The molecule has 0 aliphatic heterocycles. The molecule has 1 aromatic rings. The van der Waals surface area contributed by atoms with Gasteiger partial charge in [-0.25, -0.2) is 0 Å². The summed E-state index contributed by atoms with van der Waals surface area (Å²) in [6.45, 7) is 1.86. The number of nitrogens with zero attached hydrogens (tertiary/aromatic N) is 1. The van der Waals surface area contributed by atoms with Crippen LogP contribution in [0.25, 0.3) is 0 Å². The van der Waals surface area contributed by atoms with E-state index in [1.54, 1.807) is 12.1 Å². The normalized spacial score (nSPS) is 17.8. The third-order valence-corrected chi connectivity index (χ3v) is 3.92. The molecule has 1 saturated carbocycles. The lowest BCUT2D eigenvalue weighted by Gasteiger charge is -2.26. The average molecular weight is 272 g/mol. The van der Waals surface area contributed by atoms with Crippen LogP contribution in [0.5, 0.6) is 5.75 Å². The third-order valence-electron chi connectivity index (χ3n) is 3.92. The lowest BCUT2D eigenvalue weighted by atomic mass is 9.91. The van der Waals surface area contributed by atoms with Crippen molar-refractivity contribution in [2.75, 3.05) is 0 Å². The molecule has 0 radical (unpaired) electrons. The molecule has 2 rings (SSSR count). The van der Waals surface area contributed by atoms with Crippen molar-refractivity contribution in [3.63, 3.8) is 0 Å². The number of hydrogen-bond acceptors (Lipinski definition) is 3. The van der Waals surface area contributed by atoms with E-state index in [0.29, 0.717) is 12.8 Å². The Morgan fingerprint density at radius 3 is 2.55 bits per heavy atom. The lowest BCUT2D eigenvalue weighted by molar-refractivity contribution is 0.0910. The van der Waals surface area contributed by atoms with Crippen LogP contribution in [0, 0.1) is 18.3 Å². The highest BCUT2D eigenvalue weighted by Gasteiger charge is 2.33. The topological polar surface area (TPSA) is 73.1 Å². The van der Waals surface area contributed by atoms with E-state index in [9.17, 15) is 15.2 Å². The van der Waals surface area contributed by atoms with Gasteiger partial charge < -0.3 is 10.4 Å². The second-order valence-electron chi connectivity index (χ2n) is 5.58. The van der Waals surface area contributed by atoms with Gasteiger partial charge in [0, 0.05) is 0 Å². The monoisotopic (exact) mass is 272 g/mol. The molecule has 1 amide bonds. The number of nitrogens with one attached hydrogen (secondary N) is 1. The quantitative estimate of drug-likeness (QED) is 0.813. The van der Waals surface area contributed by atoms with Gasteiger partial charge in [-0.05, 0) is 31.9 Å². The number of nitriles is 1. The Hall–Kier alpha value is -2.02. The molecule has 1 aliphatic carbocycles. The third kappa shape index (κ3) is 3.11. The van der Waals surface area contributed by atoms with Crippen LogP contribution < -0.4 is 5.32 Å². The fraction of sp³-hybridized carbons (Fsp3) is 0.500. The van der Waals surface area contributed by atoms with Gasteiger partial charge in [-0.3, -0.25) is 4.79 Å². The van der Waals surface area contributed by atoms with Crippen molar-refractivity contribution >= 4 is 5.91 Å². The molecule has 106 valence electrons. The molecule has 4 nitrogen and oxygen atoms in total. The van der Waals surface area contributed by atoms with Crippen molar-refractivity contribution in [3.05, 3.63) is 29.3 Å². The number of amides is 1. The number of phenolic OH excluding ortho intramolecular Hbond substituents is 1. The highest BCUT2D eigenvalue weighted by Crippen LogP contribution is 2.28. The number of carbonyl (C=O) groups excluding carboxylic acids is 1. The first-order chi connectivity index (χ1) is 9.56. The van der Waals surface area contributed by atoms with Crippen LogP contribution in [0.3, 0.4) is 0 Å². The maximum Gasteiger partial charge on any atom is 0.256 e. The second-order valence-corrected chi connectivity index (χ2v) is 5.58. The summed E-state index contributed by atoms with van der Waals surface area (Å²) in [5, 5.41) is 22.1. The Morgan fingerprint density at radius 2 is 1.95 bits per heavy atom. The van der Waals surface area contributed by atoms with E-state index >= 15 is 0 Å². The standard InChI is InChI=1S/C16H20N2O2/c1-12-6-7-14(19)13(10-12)15(20)18-16(11-17)8-4-2-3-5-9-16/h6-7,10,19H,2-5,8-9H2,1H3,(H,18,20). The summed E-state index contributed by atoms with van der Waals surface area (Å²) in [7, 11) is 0. The zero-order valence-corrected chi connectivity index (χ0v) is 11.8. The maximum atomic E-state index is 12.3. The second kappa shape index (κ2) is 5.96. The van der Waals surface area contributed by atoms with Crippen molar-refractivity contribution in [3.8, 4) is 11.8 Å². The van der Waals surface area contributed by atoms with Crippen LogP contribution in [-0.4, -0.2) is 16.6 Å². The molecule has 2 N–H and O–H groups in total. The molecule has 0 saturated heterocycles.